The molecule has 2 N–H and O–H groups in total. The molecule has 0 unspecified atom stereocenters. The number of nitrogens with two attached hydrogens (primary N) is 1. The van der Waals surface area contributed by atoms with E-state index in [1.165, 1.54) is 16.8 Å². The molecule has 0 saturated heterocycles. The number of nitrogen functional groups attached to an aromatic ring is 1. The van der Waals surface area contributed by atoms with Gasteiger partial charge in [-0.2, -0.15) is 0 Å². The van der Waals surface area contributed by atoms with Crippen molar-refractivity contribution in [3.63, 3.8) is 0 Å². The fraction of sp³-hybridized carbons (Fsp3) is 0.250. The van der Waals surface area contributed by atoms with Gasteiger partial charge < -0.3 is 10.6 Å². The molecule has 0 aliphatic carbocycles. The van der Waals surface area contributed by atoms with Gasteiger partial charge in [-0.15, -0.1) is 0 Å². The highest BCUT2D eigenvalue weighted by Gasteiger charge is 2.09. The molecule has 4 heteroatoms. The second kappa shape index (κ2) is 5.94. The van der Waals surface area contributed by atoms with Gasteiger partial charge in [-0.3, -0.25) is 0 Å². The third-order valence-electron chi connectivity index (χ3n) is 3.32. The molecule has 0 aliphatic rings. The van der Waals surface area contributed by atoms with Gasteiger partial charge >= 0.3 is 0 Å². The minimum atomic E-state index is 0.436. The van der Waals surface area contributed by atoms with Crippen molar-refractivity contribution in [2.24, 2.45) is 0 Å². The molecule has 0 radical (unpaired) electrons. The Morgan fingerprint density at radius 2 is 1.65 bits per heavy atom. The first-order chi connectivity index (χ1) is 9.38. The van der Waals surface area contributed by atoms with Crippen molar-refractivity contribution in [2.75, 3.05) is 17.7 Å². The van der Waals surface area contributed by atoms with Gasteiger partial charge in [-0.25, -0.2) is 0 Å². The number of rotatable bonds is 3. The van der Waals surface area contributed by atoms with Crippen LogP contribution in [0.25, 0.3) is 0 Å². The van der Waals surface area contributed by atoms with Gasteiger partial charge in [0.05, 0.1) is 15.7 Å². The standard InChI is InChI=1S/C16H18Cl2N2/c1-10-4-5-15(11(2)6-10)20(3)9-12-7-13(17)16(19)14(18)8-12/h4-8H,9,19H2,1-3H3. The minimum absolute atomic E-state index is 0.436. The van der Waals surface area contributed by atoms with E-state index >= 15 is 0 Å². The van der Waals surface area contributed by atoms with Crippen molar-refractivity contribution in [1.29, 1.82) is 0 Å². The Kier molecular flexibility index (Phi) is 4.46. The van der Waals surface area contributed by atoms with Crippen LogP contribution in [0.15, 0.2) is 30.3 Å². The van der Waals surface area contributed by atoms with Crippen LogP contribution in [0, 0.1) is 13.8 Å². The summed E-state index contributed by atoms with van der Waals surface area (Å²) in [6.45, 7) is 4.93. The minimum Gasteiger partial charge on any atom is -0.396 e. The molecule has 2 nitrogen and oxygen atoms in total. The summed E-state index contributed by atoms with van der Waals surface area (Å²) in [6, 6.07) is 10.1. The Balaban J connectivity index is 2.25. The van der Waals surface area contributed by atoms with E-state index in [0.29, 0.717) is 15.7 Å². The fourth-order valence-corrected chi connectivity index (χ4v) is 2.85. The van der Waals surface area contributed by atoms with Crippen molar-refractivity contribution in [3.05, 3.63) is 57.1 Å². The molecule has 0 aliphatic heterocycles. The number of anilines is 2. The SMILES string of the molecule is Cc1ccc(N(C)Cc2cc(Cl)c(N)c(Cl)c2)c(C)c1. The zero-order valence-electron chi connectivity index (χ0n) is 11.9. The largest absolute Gasteiger partial charge is 0.396 e. The third kappa shape index (κ3) is 3.20. The maximum Gasteiger partial charge on any atom is 0.0693 e. The van der Waals surface area contributed by atoms with Crippen molar-refractivity contribution in [2.45, 2.75) is 20.4 Å². The summed E-state index contributed by atoms with van der Waals surface area (Å²) in [5, 5.41) is 1.00. The van der Waals surface area contributed by atoms with Gasteiger partial charge in [-0.1, -0.05) is 40.9 Å². The molecule has 2 rings (SSSR count). The monoisotopic (exact) mass is 308 g/mol. The fourth-order valence-electron chi connectivity index (χ4n) is 2.32. The average molecular weight is 309 g/mol. The summed E-state index contributed by atoms with van der Waals surface area (Å²) in [7, 11) is 2.05. The number of halogens is 2. The summed E-state index contributed by atoms with van der Waals surface area (Å²) in [5.41, 5.74) is 10.9. The normalized spacial score (nSPS) is 10.7. The van der Waals surface area contributed by atoms with E-state index in [1.54, 1.807) is 0 Å². The zero-order valence-corrected chi connectivity index (χ0v) is 13.4. The first-order valence-electron chi connectivity index (χ1n) is 6.40. The lowest BCUT2D eigenvalue weighted by atomic mass is 10.1. The molecule has 0 bridgehead atoms. The predicted octanol–water partition coefficient (Wildman–Crippen LogP) is 4.83. The quantitative estimate of drug-likeness (QED) is 0.823. The zero-order chi connectivity index (χ0) is 14.9. The van der Waals surface area contributed by atoms with Crippen LogP contribution in [-0.2, 0) is 6.54 Å². The van der Waals surface area contributed by atoms with Gasteiger partial charge in [0, 0.05) is 19.3 Å². The summed E-state index contributed by atoms with van der Waals surface area (Å²) in [4.78, 5) is 2.17. The van der Waals surface area contributed by atoms with Crippen LogP contribution in [0.1, 0.15) is 16.7 Å². The van der Waals surface area contributed by atoms with Gasteiger partial charge in [0.1, 0.15) is 0 Å². The van der Waals surface area contributed by atoms with Gasteiger partial charge in [0.25, 0.3) is 0 Å². The van der Waals surface area contributed by atoms with Crippen LogP contribution in [0.5, 0.6) is 0 Å². The molecule has 0 atom stereocenters. The Morgan fingerprint density at radius 1 is 1.05 bits per heavy atom. The van der Waals surface area contributed by atoms with Crippen molar-refractivity contribution in [3.8, 4) is 0 Å². The Morgan fingerprint density at radius 3 is 2.20 bits per heavy atom. The molecular weight excluding hydrogens is 291 g/mol. The molecule has 2 aromatic rings. The summed E-state index contributed by atoms with van der Waals surface area (Å²) < 4.78 is 0. The molecule has 0 aromatic heterocycles. The van der Waals surface area contributed by atoms with E-state index in [1.807, 2.05) is 12.1 Å². The van der Waals surface area contributed by atoms with Crippen molar-refractivity contribution < 1.29 is 0 Å². The highest BCUT2D eigenvalue weighted by atomic mass is 35.5. The van der Waals surface area contributed by atoms with Gasteiger partial charge in [0.2, 0.25) is 0 Å². The van der Waals surface area contributed by atoms with Gasteiger partial charge in [-0.05, 0) is 43.2 Å². The molecule has 106 valence electrons. The van der Waals surface area contributed by atoms with Gasteiger partial charge in [0.15, 0.2) is 0 Å². The maximum atomic E-state index is 6.07. The second-order valence-electron chi connectivity index (χ2n) is 5.12. The number of nitrogens with zero attached hydrogens (tertiary/aromatic N) is 1. The Hall–Kier alpha value is -1.38. The van der Waals surface area contributed by atoms with E-state index < -0.39 is 0 Å². The van der Waals surface area contributed by atoms with Crippen molar-refractivity contribution in [1.82, 2.24) is 0 Å². The molecule has 0 heterocycles. The molecule has 0 saturated carbocycles. The van der Waals surface area contributed by atoms with E-state index in [4.69, 9.17) is 28.9 Å². The lowest BCUT2D eigenvalue weighted by Crippen LogP contribution is -2.17. The topological polar surface area (TPSA) is 29.3 Å². The highest BCUT2D eigenvalue weighted by molar-refractivity contribution is 6.38. The van der Waals surface area contributed by atoms with Crippen LogP contribution < -0.4 is 10.6 Å². The van der Waals surface area contributed by atoms with E-state index in [0.717, 1.165) is 12.1 Å². The first kappa shape index (κ1) is 15.0. The van der Waals surface area contributed by atoms with Crippen LogP contribution in [0.3, 0.4) is 0 Å². The molecule has 2 aromatic carbocycles. The van der Waals surface area contributed by atoms with Crippen LogP contribution >= 0.6 is 23.2 Å². The lowest BCUT2D eigenvalue weighted by Gasteiger charge is -2.22. The lowest BCUT2D eigenvalue weighted by molar-refractivity contribution is 0.917. The highest BCUT2D eigenvalue weighted by Crippen LogP contribution is 2.30. The van der Waals surface area contributed by atoms with Crippen molar-refractivity contribution >= 4 is 34.6 Å². The Bertz CT molecular complexity index is 615. The maximum absolute atomic E-state index is 6.07. The van der Waals surface area contributed by atoms with Crippen LogP contribution in [0.2, 0.25) is 10.0 Å². The van der Waals surface area contributed by atoms with E-state index in [9.17, 15) is 0 Å². The molecule has 0 fully saturated rings. The number of hydrogen-bond acceptors (Lipinski definition) is 2. The van der Waals surface area contributed by atoms with E-state index in [2.05, 4.69) is 44.0 Å². The number of aryl methyl sites for hydroxylation is 2. The second-order valence-corrected chi connectivity index (χ2v) is 5.93. The average Bonchev–Trinajstić information content (AvgIpc) is 2.35. The summed E-state index contributed by atoms with van der Waals surface area (Å²) in [5.74, 6) is 0. The number of benzene rings is 2. The van der Waals surface area contributed by atoms with Crippen LogP contribution in [0.4, 0.5) is 11.4 Å². The molecule has 0 amide bonds. The predicted molar refractivity (Wildman–Crippen MR) is 88.9 cm³/mol. The molecule has 20 heavy (non-hydrogen) atoms. The molecular formula is C16H18Cl2N2. The smallest absolute Gasteiger partial charge is 0.0693 e. The molecule has 0 spiro atoms. The first-order valence-corrected chi connectivity index (χ1v) is 7.16. The Labute approximate surface area is 130 Å². The van der Waals surface area contributed by atoms with Crippen LogP contribution in [-0.4, -0.2) is 7.05 Å². The third-order valence-corrected chi connectivity index (χ3v) is 3.95. The van der Waals surface area contributed by atoms with E-state index in [-0.39, 0.29) is 0 Å². The number of hydrogen-bond donors (Lipinski definition) is 1. The summed E-state index contributed by atoms with van der Waals surface area (Å²) >= 11 is 12.1. The summed E-state index contributed by atoms with van der Waals surface area (Å²) in [6.07, 6.45) is 0.